The first kappa shape index (κ1) is 12.1. The van der Waals surface area contributed by atoms with Gasteiger partial charge in [-0.1, -0.05) is 19.8 Å². The van der Waals surface area contributed by atoms with Crippen molar-refractivity contribution in [2.75, 3.05) is 0 Å². The fourth-order valence-corrected chi connectivity index (χ4v) is 2.44. The van der Waals surface area contributed by atoms with Gasteiger partial charge in [-0.2, -0.15) is 0 Å². The zero-order chi connectivity index (χ0) is 12.3. The van der Waals surface area contributed by atoms with Gasteiger partial charge in [-0.3, -0.25) is 4.79 Å². The van der Waals surface area contributed by atoms with Crippen molar-refractivity contribution in [3.05, 3.63) is 17.3 Å². The van der Waals surface area contributed by atoms with Crippen LogP contribution in [0.1, 0.15) is 62.3 Å². The van der Waals surface area contributed by atoms with Gasteiger partial charge in [0, 0.05) is 12.3 Å². The van der Waals surface area contributed by atoms with Crippen LogP contribution in [0.4, 0.5) is 0 Å². The van der Waals surface area contributed by atoms with Crippen molar-refractivity contribution < 1.29 is 14.3 Å². The Morgan fingerprint density at radius 1 is 1.47 bits per heavy atom. The van der Waals surface area contributed by atoms with Gasteiger partial charge in [0.05, 0.1) is 12.1 Å². The number of aliphatic carboxylic acids is 1. The molecule has 0 aliphatic heterocycles. The van der Waals surface area contributed by atoms with Crippen LogP contribution in [-0.4, -0.2) is 16.1 Å². The molecule has 0 atom stereocenters. The summed E-state index contributed by atoms with van der Waals surface area (Å²) in [6, 6.07) is 0. The minimum atomic E-state index is -0.786. The summed E-state index contributed by atoms with van der Waals surface area (Å²) in [6.45, 7) is 2.03. The Morgan fingerprint density at radius 2 is 2.18 bits per heavy atom. The fourth-order valence-electron chi connectivity index (χ4n) is 2.44. The molecule has 1 heterocycles. The smallest absolute Gasteiger partial charge is 0.303 e. The van der Waals surface area contributed by atoms with E-state index in [1.165, 1.54) is 12.8 Å². The Hall–Kier alpha value is -1.32. The van der Waals surface area contributed by atoms with Gasteiger partial charge in [0.15, 0.2) is 5.89 Å². The molecule has 0 bridgehead atoms. The van der Waals surface area contributed by atoms with Crippen molar-refractivity contribution in [2.45, 2.75) is 57.8 Å². The highest BCUT2D eigenvalue weighted by molar-refractivity contribution is 5.66. The highest BCUT2D eigenvalue weighted by atomic mass is 16.4. The number of carboxylic acid groups (broad SMARTS) is 1. The van der Waals surface area contributed by atoms with Crippen molar-refractivity contribution in [3.63, 3.8) is 0 Å². The van der Waals surface area contributed by atoms with E-state index in [2.05, 4.69) is 4.98 Å². The van der Waals surface area contributed by atoms with E-state index in [9.17, 15) is 4.79 Å². The number of carboxylic acids is 1. The van der Waals surface area contributed by atoms with Crippen molar-refractivity contribution in [1.82, 2.24) is 4.98 Å². The first-order valence-electron chi connectivity index (χ1n) is 6.41. The third-order valence-electron chi connectivity index (χ3n) is 3.40. The Balaban J connectivity index is 2.10. The molecule has 4 heteroatoms. The van der Waals surface area contributed by atoms with Gasteiger partial charge in [-0.05, 0) is 19.3 Å². The van der Waals surface area contributed by atoms with Crippen LogP contribution in [0.3, 0.4) is 0 Å². The topological polar surface area (TPSA) is 63.3 Å². The molecule has 0 saturated heterocycles. The summed E-state index contributed by atoms with van der Waals surface area (Å²) in [5.74, 6) is 1.28. The second-order valence-electron chi connectivity index (χ2n) is 4.65. The summed E-state index contributed by atoms with van der Waals surface area (Å²) in [7, 11) is 0. The SMILES string of the molecule is CCc1nc(C2CCCC2)oc1CCC(=O)O. The minimum Gasteiger partial charge on any atom is -0.481 e. The van der Waals surface area contributed by atoms with Crippen LogP contribution >= 0.6 is 0 Å². The number of carbonyl (C=O) groups is 1. The maximum Gasteiger partial charge on any atom is 0.303 e. The summed E-state index contributed by atoms with van der Waals surface area (Å²) in [5, 5.41) is 8.69. The third-order valence-corrected chi connectivity index (χ3v) is 3.40. The van der Waals surface area contributed by atoms with E-state index in [0.29, 0.717) is 12.3 Å². The Kier molecular flexibility index (Phi) is 3.82. The number of hydrogen-bond donors (Lipinski definition) is 1. The number of hydrogen-bond acceptors (Lipinski definition) is 3. The van der Waals surface area contributed by atoms with E-state index in [1.807, 2.05) is 6.92 Å². The summed E-state index contributed by atoms with van der Waals surface area (Å²) < 4.78 is 5.77. The van der Waals surface area contributed by atoms with E-state index in [4.69, 9.17) is 9.52 Å². The van der Waals surface area contributed by atoms with Crippen molar-refractivity contribution >= 4 is 5.97 Å². The molecule has 1 aliphatic rings. The first-order valence-corrected chi connectivity index (χ1v) is 6.41. The van der Waals surface area contributed by atoms with Gasteiger partial charge in [-0.25, -0.2) is 4.98 Å². The lowest BCUT2D eigenvalue weighted by molar-refractivity contribution is -0.137. The lowest BCUT2D eigenvalue weighted by atomic mass is 10.1. The predicted octanol–water partition coefficient (Wildman–Crippen LogP) is 2.91. The molecule has 0 aromatic carbocycles. The molecule has 2 rings (SSSR count). The molecule has 1 saturated carbocycles. The van der Waals surface area contributed by atoms with E-state index in [-0.39, 0.29) is 6.42 Å². The van der Waals surface area contributed by atoms with Gasteiger partial charge < -0.3 is 9.52 Å². The predicted molar refractivity (Wildman–Crippen MR) is 63.0 cm³/mol. The van der Waals surface area contributed by atoms with Crippen LogP contribution in [0, 0.1) is 0 Å². The molecule has 1 N–H and O–H groups in total. The van der Waals surface area contributed by atoms with E-state index in [1.54, 1.807) is 0 Å². The molecule has 0 spiro atoms. The van der Waals surface area contributed by atoms with E-state index < -0.39 is 5.97 Å². The maximum absolute atomic E-state index is 10.6. The second-order valence-corrected chi connectivity index (χ2v) is 4.65. The molecule has 1 aliphatic carbocycles. The fraction of sp³-hybridized carbons (Fsp3) is 0.692. The highest BCUT2D eigenvalue weighted by Crippen LogP contribution is 2.34. The summed E-state index contributed by atoms with van der Waals surface area (Å²) in [4.78, 5) is 15.1. The molecular formula is C13H19NO3. The third kappa shape index (κ3) is 2.87. The number of rotatable bonds is 5. The lowest BCUT2D eigenvalue weighted by Gasteiger charge is -2.01. The van der Waals surface area contributed by atoms with Crippen LogP contribution in [0.15, 0.2) is 4.42 Å². The molecular weight excluding hydrogens is 218 g/mol. The average Bonchev–Trinajstić information content (AvgIpc) is 2.94. The number of aromatic nitrogens is 1. The standard InChI is InChI=1S/C13H19NO3/c1-2-10-11(7-8-12(15)16)17-13(14-10)9-5-3-4-6-9/h9H,2-8H2,1H3,(H,15,16). The zero-order valence-electron chi connectivity index (χ0n) is 10.2. The zero-order valence-corrected chi connectivity index (χ0v) is 10.2. The average molecular weight is 237 g/mol. The highest BCUT2D eigenvalue weighted by Gasteiger charge is 2.23. The number of nitrogens with zero attached hydrogens (tertiary/aromatic N) is 1. The number of aryl methyl sites for hydroxylation is 2. The largest absolute Gasteiger partial charge is 0.481 e. The van der Waals surface area contributed by atoms with E-state index >= 15 is 0 Å². The van der Waals surface area contributed by atoms with Crippen LogP contribution < -0.4 is 0 Å². The monoisotopic (exact) mass is 237 g/mol. The molecule has 94 valence electrons. The Bertz CT molecular complexity index is 391. The Labute approximate surface area is 101 Å². The molecule has 4 nitrogen and oxygen atoms in total. The van der Waals surface area contributed by atoms with Crippen LogP contribution in [-0.2, 0) is 17.6 Å². The lowest BCUT2D eigenvalue weighted by Crippen LogP contribution is -1.98. The van der Waals surface area contributed by atoms with Gasteiger partial charge in [0.2, 0.25) is 0 Å². The summed E-state index contributed by atoms with van der Waals surface area (Å²) >= 11 is 0. The van der Waals surface area contributed by atoms with E-state index in [0.717, 1.165) is 36.6 Å². The van der Waals surface area contributed by atoms with Gasteiger partial charge in [0.25, 0.3) is 0 Å². The van der Waals surface area contributed by atoms with Crippen molar-refractivity contribution in [1.29, 1.82) is 0 Å². The van der Waals surface area contributed by atoms with Crippen molar-refractivity contribution in [2.24, 2.45) is 0 Å². The molecule has 1 aromatic heterocycles. The number of oxazole rings is 1. The molecule has 1 aromatic rings. The molecule has 0 unspecified atom stereocenters. The van der Waals surface area contributed by atoms with Gasteiger partial charge in [0.1, 0.15) is 5.76 Å². The Morgan fingerprint density at radius 3 is 2.76 bits per heavy atom. The van der Waals surface area contributed by atoms with Crippen LogP contribution in [0.25, 0.3) is 0 Å². The first-order chi connectivity index (χ1) is 8.20. The van der Waals surface area contributed by atoms with Crippen LogP contribution in [0.5, 0.6) is 0 Å². The second kappa shape index (κ2) is 5.34. The van der Waals surface area contributed by atoms with Crippen LogP contribution in [0.2, 0.25) is 0 Å². The summed E-state index contributed by atoms with van der Waals surface area (Å²) in [5.41, 5.74) is 0.938. The molecule has 1 fully saturated rings. The quantitative estimate of drug-likeness (QED) is 0.855. The van der Waals surface area contributed by atoms with Gasteiger partial charge >= 0.3 is 5.97 Å². The minimum absolute atomic E-state index is 0.117. The van der Waals surface area contributed by atoms with Crippen molar-refractivity contribution in [3.8, 4) is 0 Å². The maximum atomic E-state index is 10.6. The molecule has 0 amide bonds. The molecule has 17 heavy (non-hydrogen) atoms. The molecule has 0 radical (unpaired) electrons. The summed E-state index contributed by atoms with van der Waals surface area (Å²) in [6.07, 6.45) is 6.19. The normalized spacial score (nSPS) is 16.5. The van der Waals surface area contributed by atoms with Gasteiger partial charge in [-0.15, -0.1) is 0 Å².